The number of carboxylic acids is 1. The lowest BCUT2D eigenvalue weighted by Gasteiger charge is -2.14. The summed E-state index contributed by atoms with van der Waals surface area (Å²) < 4.78 is 0.382. The highest BCUT2D eigenvalue weighted by Crippen LogP contribution is 2.36. The van der Waals surface area contributed by atoms with E-state index in [9.17, 15) is 9.59 Å². The second-order valence-corrected chi connectivity index (χ2v) is 6.78. The largest absolute Gasteiger partial charge is 0.478 e. The number of hydrogen-bond acceptors (Lipinski definition) is 5. The fourth-order valence-electron chi connectivity index (χ4n) is 2.25. The third-order valence-electron chi connectivity index (χ3n) is 3.50. The van der Waals surface area contributed by atoms with Gasteiger partial charge in [0.15, 0.2) is 4.32 Å². The first-order chi connectivity index (χ1) is 12.0. The summed E-state index contributed by atoms with van der Waals surface area (Å²) in [5.74, 6) is -1.29. The van der Waals surface area contributed by atoms with Gasteiger partial charge in [0.2, 0.25) is 0 Å². The molecule has 3 rings (SSSR count). The second kappa shape index (κ2) is 6.89. The van der Waals surface area contributed by atoms with Crippen molar-refractivity contribution in [1.82, 2.24) is 0 Å². The highest BCUT2D eigenvalue weighted by molar-refractivity contribution is 8.27. The number of nitriles is 1. The van der Waals surface area contributed by atoms with E-state index in [1.54, 1.807) is 42.5 Å². The summed E-state index contributed by atoms with van der Waals surface area (Å²) in [5, 5.41) is 17.8. The molecule has 1 amide bonds. The summed E-state index contributed by atoms with van der Waals surface area (Å²) in [6.45, 7) is 0. The summed E-state index contributed by atoms with van der Waals surface area (Å²) in [7, 11) is 0. The van der Waals surface area contributed by atoms with Crippen LogP contribution < -0.4 is 4.90 Å². The number of benzene rings is 2. The fraction of sp³-hybridized carbons (Fsp3) is 0. The molecule has 1 fully saturated rings. The minimum atomic E-state index is -1.03. The Balaban J connectivity index is 1.87. The number of thiocarbonyl (C=S) groups is 1. The highest BCUT2D eigenvalue weighted by atomic mass is 32.2. The Morgan fingerprint density at radius 1 is 1.16 bits per heavy atom. The normalized spacial score (nSPS) is 15.5. The van der Waals surface area contributed by atoms with Gasteiger partial charge in [-0.3, -0.25) is 9.69 Å². The van der Waals surface area contributed by atoms with Gasteiger partial charge < -0.3 is 5.11 Å². The van der Waals surface area contributed by atoms with Gasteiger partial charge in [0.1, 0.15) is 0 Å². The predicted octanol–water partition coefficient (Wildman–Crippen LogP) is 3.66. The summed E-state index contributed by atoms with van der Waals surface area (Å²) in [6.07, 6.45) is 1.71. The number of anilines is 1. The van der Waals surface area contributed by atoms with E-state index in [0.29, 0.717) is 20.5 Å². The molecule has 0 aliphatic carbocycles. The number of carbonyl (C=O) groups excluding carboxylic acids is 1. The summed E-state index contributed by atoms with van der Waals surface area (Å²) in [4.78, 5) is 25.4. The number of amides is 1. The molecule has 25 heavy (non-hydrogen) atoms. The number of nitrogens with zero attached hydrogens (tertiary/aromatic N) is 2. The number of carbonyl (C=O) groups is 2. The molecular formula is C18H10N2O3S2. The molecule has 0 aromatic heterocycles. The van der Waals surface area contributed by atoms with Gasteiger partial charge in [0.25, 0.3) is 5.91 Å². The van der Waals surface area contributed by atoms with Crippen molar-refractivity contribution < 1.29 is 14.7 Å². The zero-order valence-corrected chi connectivity index (χ0v) is 14.3. The molecule has 2 aromatic rings. The van der Waals surface area contributed by atoms with E-state index >= 15 is 0 Å². The first kappa shape index (κ1) is 16.9. The molecule has 0 unspecified atom stereocenters. The number of rotatable bonds is 3. The first-order valence-electron chi connectivity index (χ1n) is 7.11. The second-order valence-electron chi connectivity index (χ2n) is 5.10. The van der Waals surface area contributed by atoms with E-state index in [4.69, 9.17) is 22.6 Å². The van der Waals surface area contributed by atoms with Crippen molar-refractivity contribution >= 4 is 51.9 Å². The van der Waals surface area contributed by atoms with Crippen molar-refractivity contribution in [3.05, 3.63) is 70.1 Å². The molecule has 122 valence electrons. The van der Waals surface area contributed by atoms with Gasteiger partial charge in [-0.05, 0) is 48.0 Å². The lowest BCUT2D eigenvalue weighted by molar-refractivity contribution is -0.113. The van der Waals surface area contributed by atoms with Crippen molar-refractivity contribution in [3.8, 4) is 6.07 Å². The average molecular weight is 366 g/mol. The van der Waals surface area contributed by atoms with Gasteiger partial charge in [-0.15, -0.1) is 0 Å². The Labute approximate surface area is 153 Å². The molecule has 0 atom stereocenters. The van der Waals surface area contributed by atoms with E-state index in [1.165, 1.54) is 28.8 Å². The Hall–Kier alpha value is -2.95. The zero-order valence-electron chi connectivity index (χ0n) is 12.7. The van der Waals surface area contributed by atoms with Gasteiger partial charge in [0.05, 0.1) is 27.8 Å². The number of hydrogen-bond donors (Lipinski definition) is 1. The number of aromatic carboxylic acids is 1. The lowest BCUT2D eigenvalue weighted by atomic mass is 10.1. The van der Waals surface area contributed by atoms with Gasteiger partial charge in [-0.1, -0.05) is 36.1 Å². The van der Waals surface area contributed by atoms with Crippen LogP contribution in [0.15, 0.2) is 53.4 Å². The van der Waals surface area contributed by atoms with Gasteiger partial charge in [-0.2, -0.15) is 5.26 Å². The van der Waals surface area contributed by atoms with E-state index in [2.05, 4.69) is 0 Å². The number of carboxylic acid groups (broad SMARTS) is 1. The van der Waals surface area contributed by atoms with E-state index in [1.807, 2.05) is 6.07 Å². The Bertz CT molecular complexity index is 942. The Morgan fingerprint density at radius 3 is 2.36 bits per heavy atom. The van der Waals surface area contributed by atoms with Crippen LogP contribution in [0.25, 0.3) is 6.08 Å². The standard InChI is InChI=1S/C18H10N2O3S2/c19-10-12-3-1-11(2-4-12)9-15-16(21)20(18(24)25-15)14-7-5-13(6-8-14)17(22)23/h1-9H,(H,22,23)/b15-9-. The van der Waals surface area contributed by atoms with Crippen LogP contribution in [-0.2, 0) is 4.79 Å². The summed E-state index contributed by atoms with van der Waals surface area (Å²) in [6, 6.07) is 14.9. The molecule has 1 aliphatic heterocycles. The van der Waals surface area contributed by atoms with Crippen molar-refractivity contribution in [2.45, 2.75) is 0 Å². The maximum atomic E-state index is 12.6. The van der Waals surface area contributed by atoms with E-state index in [0.717, 1.165) is 5.56 Å². The monoisotopic (exact) mass is 366 g/mol. The molecule has 0 radical (unpaired) electrons. The Morgan fingerprint density at radius 2 is 1.80 bits per heavy atom. The quantitative estimate of drug-likeness (QED) is 0.659. The topological polar surface area (TPSA) is 81.4 Å². The molecule has 0 bridgehead atoms. The van der Waals surface area contributed by atoms with Crippen LogP contribution in [0.2, 0.25) is 0 Å². The molecule has 0 saturated carbocycles. The first-order valence-corrected chi connectivity index (χ1v) is 8.33. The van der Waals surface area contributed by atoms with Gasteiger partial charge in [-0.25, -0.2) is 4.79 Å². The van der Waals surface area contributed by atoms with Gasteiger partial charge in [0, 0.05) is 0 Å². The van der Waals surface area contributed by atoms with E-state index < -0.39 is 5.97 Å². The summed E-state index contributed by atoms with van der Waals surface area (Å²) in [5.41, 5.74) is 2.00. The summed E-state index contributed by atoms with van der Waals surface area (Å²) >= 11 is 6.46. The van der Waals surface area contributed by atoms with Crippen molar-refractivity contribution in [1.29, 1.82) is 5.26 Å². The van der Waals surface area contributed by atoms with Crippen LogP contribution >= 0.6 is 24.0 Å². The highest BCUT2D eigenvalue weighted by Gasteiger charge is 2.33. The maximum absolute atomic E-state index is 12.6. The SMILES string of the molecule is N#Cc1ccc(/C=C2\SC(=S)N(c3ccc(C(=O)O)cc3)C2=O)cc1. The molecule has 0 spiro atoms. The van der Waals surface area contributed by atoms with Crippen LogP contribution in [0.4, 0.5) is 5.69 Å². The van der Waals surface area contributed by atoms with Crippen LogP contribution in [-0.4, -0.2) is 21.3 Å². The third kappa shape index (κ3) is 3.45. The van der Waals surface area contributed by atoms with Crippen molar-refractivity contribution in [2.75, 3.05) is 4.90 Å². The Kier molecular flexibility index (Phi) is 4.65. The van der Waals surface area contributed by atoms with E-state index in [-0.39, 0.29) is 11.5 Å². The van der Waals surface area contributed by atoms with Crippen LogP contribution in [0.1, 0.15) is 21.5 Å². The third-order valence-corrected chi connectivity index (χ3v) is 4.81. The van der Waals surface area contributed by atoms with Crippen LogP contribution in [0.3, 0.4) is 0 Å². The maximum Gasteiger partial charge on any atom is 0.335 e. The van der Waals surface area contributed by atoms with Crippen LogP contribution in [0.5, 0.6) is 0 Å². The predicted molar refractivity (Wildman–Crippen MR) is 100 cm³/mol. The minimum absolute atomic E-state index is 0.141. The average Bonchev–Trinajstić information content (AvgIpc) is 2.89. The molecule has 7 heteroatoms. The van der Waals surface area contributed by atoms with Crippen molar-refractivity contribution in [2.24, 2.45) is 0 Å². The molecule has 1 saturated heterocycles. The fourth-order valence-corrected chi connectivity index (χ4v) is 3.55. The zero-order chi connectivity index (χ0) is 18.0. The van der Waals surface area contributed by atoms with Crippen molar-refractivity contribution in [3.63, 3.8) is 0 Å². The lowest BCUT2D eigenvalue weighted by Crippen LogP contribution is -2.27. The molecule has 5 nitrogen and oxygen atoms in total. The molecule has 1 aliphatic rings. The number of thioether (sulfide) groups is 1. The van der Waals surface area contributed by atoms with Crippen LogP contribution in [0, 0.1) is 11.3 Å². The molecule has 1 N–H and O–H groups in total. The molecule has 2 aromatic carbocycles. The molecular weight excluding hydrogens is 356 g/mol. The minimum Gasteiger partial charge on any atom is -0.478 e. The smallest absolute Gasteiger partial charge is 0.335 e. The molecule has 1 heterocycles. The van der Waals surface area contributed by atoms with Gasteiger partial charge >= 0.3 is 5.97 Å².